The summed E-state index contributed by atoms with van der Waals surface area (Å²) >= 11 is 0. The van der Waals surface area contributed by atoms with Gasteiger partial charge in [-0.3, -0.25) is 0 Å². The van der Waals surface area contributed by atoms with E-state index in [1.807, 2.05) is 6.07 Å². The molecule has 11 rings (SSSR count). The van der Waals surface area contributed by atoms with Gasteiger partial charge in [0.25, 0.3) is 0 Å². The Labute approximate surface area is 349 Å². The van der Waals surface area contributed by atoms with E-state index in [9.17, 15) is 0 Å². The van der Waals surface area contributed by atoms with Crippen molar-refractivity contribution < 1.29 is 4.42 Å². The summed E-state index contributed by atoms with van der Waals surface area (Å²) in [6, 6.07) is 84.7. The van der Waals surface area contributed by atoms with Crippen molar-refractivity contribution in [3.8, 4) is 55.8 Å². The SMILES string of the molecule is c1ccc(-c2c(-c3cccc(N(c4ccc(-c5ccc(-c6cccc7ccccc67)cc5)cc4)c4cccc(-c5ccc6ccccc6c5)c4)c3)oc3ccccc23)cc1. The van der Waals surface area contributed by atoms with Gasteiger partial charge in [0.1, 0.15) is 11.3 Å². The normalized spacial score (nSPS) is 11.3. The molecule has 0 aliphatic rings. The van der Waals surface area contributed by atoms with Crippen molar-refractivity contribution in [2.45, 2.75) is 0 Å². The van der Waals surface area contributed by atoms with E-state index in [0.717, 1.165) is 61.6 Å². The number of fused-ring (bicyclic) bond motifs is 3. The lowest BCUT2D eigenvalue weighted by molar-refractivity contribution is 0.632. The first kappa shape index (κ1) is 35.2. The minimum Gasteiger partial charge on any atom is -0.455 e. The zero-order valence-corrected chi connectivity index (χ0v) is 32.9. The van der Waals surface area contributed by atoms with E-state index >= 15 is 0 Å². The van der Waals surface area contributed by atoms with Crippen LogP contribution >= 0.6 is 0 Å². The molecule has 0 amide bonds. The van der Waals surface area contributed by atoms with E-state index in [1.54, 1.807) is 0 Å². The highest BCUT2D eigenvalue weighted by atomic mass is 16.3. The topological polar surface area (TPSA) is 16.4 Å². The Hall–Kier alpha value is -7.94. The predicted molar refractivity (Wildman–Crippen MR) is 253 cm³/mol. The van der Waals surface area contributed by atoms with Crippen LogP contribution in [0.25, 0.3) is 88.3 Å². The second-order valence-corrected chi connectivity index (χ2v) is 15.3. The summed E-state index contributed by atoms with van der Waals surface area (Å²) in [6.07, 6.45) is 0. The van der Waals surface area contributed by atoms with Crippen LogP contribution in [-0.4, -0.2) is 0 Å². The summed E-state index contributed by atoms with van der Waals surface area (Å²) in [5.74, 6) is 0.858. The van der Waals surface area contributed by atoms with Crippen LogP contribution in [0, 0.1) is 0 Å². The van der Waals surface area contributed by atoms with E-state index in [4.69, 9.17) is 4.42 Å². The monoisotopic (exact) mass is 765 g/mol. The van der Waals surface area contributed by atoms with E-state index < -0.39 is 0 Å². The molecule has 0 bridgehead atoms. The molecule has 0 radical (unpaired) electrons. The third-order valence-electron chi connectivity index (χ3n) is 11.7. The van der Waals surface area contributed by atoms with Gasteiger partial charge in [0.2, 0.25) is 0 Å². The summed E-state index contributed by atoms with van der Waals surface area (Å²) in [7, 11) is 0. The van der Waals surface area contributed by atoms with Crippen LogP contribution in [0.5, 0.6) is 0 Å². The van der Waals surface area contributed by atoms with E-state index in [-0.39, 0.29) is 0 Å². The van der Waals surface area contributed by atoms with Crippen LogP contribution in [0.1, 0.15) is 0 Å². The smallest absolute Gasteiger partial charge is 0.143 e. The minimum atomic E-state index is 0.858. The van der Waals surface area contributed by atoms with Crippen molar-refractivity contribution >= 4 is 49.6 Å². The maximum atomic E-state index is 6.70. The molecular weight excluding hydrogens is 727 g/mol. The summed E-state index contributed by atoms with van der Waals surface area (Å²) in [5.41, 5.74) is 14.4. The summed E-state index contributed by atoms with van der Waals surface area (Å²) in [5, 5.41) is 6.08. The molecule has 60 heavy (non-hydrogen) atoms. The quantitative estimate of drug-likeness (QED) is 0.153. The minimum absolute atomic E-state index is 0.858. The zero-order chi connectivity index (χ0) is 39.8. The first-order valence-corrected chi connectivity index (χ1v) is 20.5. The van der Waals surface area contributed by atoms with Gasteiger partial charge in [-0.1, -0.05) is 188 Å². The van der Waals surface area contributed by atoms with Crippen LogP contribution in [0.4, 0.5) is 17.1 Å². The molecule has 1 heterocycles. The molecular formula is C58H39NO. The molecule has 2 nitrogen and oxygen atoms in total. The van der Waals surface area contributed by atoms with Gasteiger partial charge in [-0.05, 0) is 109 Å². The van der Waals surface area contributed by atoms with E-state index in [0.29, 0.717) is 0 Å². The highest BCUT2D eigenvalue weighted by Crippen LogP contribution is 2.44. The number of hydrogen-bond donors (Lipinski definition) is 0. The van der Waals surface area contributed by atoms with Crippen molar-refractivity contribution in [3.05, 3.63) is 237 Å². The lowest BCUT2D eigenvalue weighted by atomic mass is 9.96. The molecule has 0 aliphatic carbocycles. The standard InChI is InChI=1S/C58H39NO/c1-2-15-45(16-3-1)57-55-24-8-9-26-56(55)60-58(57)49-20-11-22-52(39-49)59(51-21-10-19-47(38-51)48-32-29-40-13-4-5-17-46(40)37-48)50-35-33-42(34-36-50)41-27-30-44(31-28-41)54-25-12-18-43-14-6-7-23-53(43)54/h1-39H. The van der Waals surface area contributed by atoms with Gasteiger partial charge in [0.05, 0.1) is 0 Å². The molecule has 0 fully saturated rings. The Bertz CT molecular complexity index is 3300. The number of anilines is 3. The highest BCUT2D eigenvalue weighted by Gasteiger charge is 2.20. The molecule has 0 aliphatic heterocycles. The molecule has 282 valence electrons. The summed E-state index contributed by atoms with van der Waals surface area (Å²) in [6.45, 7) is 0. The van der Waals surface area contributed by atoms with Gasteiger partial charge in [-0.15, -0.1) is 0 Å². The Morgan fingerprint density at radius 3 is 1.60 bits per heavy atom. The fourth-order valence-electron chi connectivity index (χ4n) is 8.69. The second-order valence-electron chi connectivity index (χ2n) is 15.3. The molecule has 2 heteroatoms. The first-order chi connectivity index (χ1) is 29.7. The van der Waals surface area contributed by atoms with E-state index in [2.05, 4.69) is 235 Å². The zero-order valence-electron chi connectivity index (χ0n) is 32.9. The Kier molecular flexibility index (Phi) is 8.87. The summed E-state index contributed by atoms with van der Waals surface area (Å²) in [4.78, 5) is 2.35. The van der Waals surface area contributed by atoms with Gasteiger partial charge in [0.15, 0.2) is 0 Å². The lowest BCUT2D eigenvalue weighted by Crippen LogP contribution is -2.10. The fraction of sp³-hybridized carbons (Fsp3) is 0. The van der Waals surface area contributed by atoms with Crippen LogP contribution in [0.3, 0.4) is 0 Å². The van der Waals surface area contributed by atoms with Gasteiger partial charge < -0.3 is 9.32 Å². The van der Waals surface area contributed by atoms with Gasteiger partial charge in [-0.25, -0.2) is 0 Å². The van der Waals surface area contributed by atoms with Crippen LogP contribution in [0.15, 0.2) is 241 Å². The van der Waals surface area contributed by atoms with Gasteiger partial charge in [0, 0.05) is 33.6 Å². The maximum Gasteiger partial charge on any atom is 0.143 e. The molecule has 11 aromatic rings. The average Bonchev–Trinajstić information content (AvgIpc) is 3.72. The third-order valence-corrected chi connectivity index (χ3v) is 11.7. The molecule has 0 saturated carbocycles. The van der Waals surface area contributed by atoms with Gasteiger partial charge in [-0.2, -0.15) is 0 Å². The predicted octanol–water partition coefficient (Wildman–Crippen LogP) is 16.5. The van der Waals surface area contributed by atoms with Crippen molar-refractivity contribution in [3.63, 3.8) is 0 Å². The molecule has 0 unspecified atom stereocenters. The van der Waals surface area contributed by atoms with Crippen molar-refractivity contribution in [2.75, 3.05) is 4.90 Å². The molecule has 0 N–H and O–H groups in total. The number of benzene rings is 10. The number of furan rings is 1. The highest BCUT2D eigenvalue weighted by molar-refractivity contribution is 6.02. The van der Waals surface area contributed by atoms with Crippen molar-refractivity contribution in [1.29, 1.82) is 0 Å². The van der Waals surface area contributed by atoms with Crippen molar-refractivity contribution in [1.82, 2.24) is 0 Å². The second kappa shape index (κ2) is 15.1. The lowest BCUT2D eigenvalue weighted by Gasteiger charge is -2.27. The largest absolute Gasteiger partial charge is 0.455 e. The Morgan fingerprint density at radius 1 is 0.283 bits per heavy atom. The molecule has 0 saturated heterocycles. The molecule has 1 aromatic heterocycles. The van der Waals surface area contributed by atoms with Crippen molar-refractivity contribution in [2.24, 2.45) is 0 Å². The van der Waals surface area contributed by atoms with Crippen LogP contribution in [-0.2, 0) is 0 Å². The number of para-hydroxylation sites is 1. The Balaban J connectivity index is 1.01. The summed E-state index contributed by atoms with van der Waals surface area (Å²) < 4.78 is 6.70. The van der Waals surface area contributed by atoms with Crippen LogP contribution in [0.2, 0.25) is 0 Å². The van der Waals surface area contributed by atoms with E-state index in [1.165, 1.54) is 43.8 Å². The molecule has 10 aromatic carbocycles. The third kappa shape index (κ3) is 6.51. The number of rotatable bonds is 8. The maximum absolute atomic E-state index is 6.70. The Morgan fingerprint density at radius 2 is 0.817 bits per heavy atom. The van der Waals surface area contributed by atoms with Gasteiger partial charge >= 0.3 is 0 Å². The first-order valence-electron chi connectivity index (χ1n) is 20.5. The number of nitrogens with zero attached hydrogens (tertiary/aromatic N) is 1. The molecule has 0 atom stereocenters. The van der Waals surface area contributed by atoms with Crippen LogP contribution < -0.4 is 4.90 Å². The average molecular weight is 766 g/mol. The fourth-order valence-corrected chi connectivity index (χ4v) is 8.69. The molecule has 0 spiro atoms. The number of hydrogen-bond acceptors (Lipinski definition) is 2.